The molecule has 0 aromatic rings. The molecule has 0 radical (unpaired) electrons. The molecule has 0 bridgehead atoms. The lowest BCUT2D eigenvalue weighted by molar-refractivity contribution is -0.0975. The van der Waals surface area contributed by atoms with Gasteiger partial charge < -0.3 is 10.1 Å². The summed E-state index contributed by atoms with van der Waals surface area (Å²) >= 11 is 0. The van der Waals surface area contributed by atoms with Crippen LogP contribution in [0.3, 0.4) is 0 Å². The van der Waals surface area contributed by atoms with Crippen LogP contribution in [0.1, 0.15) is 59.3 Å². The Kier molecular flexibility index (Phi) is 7.65. The second kappa shape index (κ2) is 8.49. The molecular weight excluding hydrogens is 286 g/mol. The zero-order chi connectivity index (χ0) is 15.9. The minimum atomic E-state index is -2.87. The Hall–Kier alpha value is -0.130. The maximum absolute atomic E-state index is 11.3. The molecule has 1 aliphatic carbocycles. The summed E-state index contributed by atoms with van der Waals surface area (Å²) in [6, 6.07) is 0.261. The number of hydrogen-bond acceptors (Lipinski definition) is 4. The van der Waals surface area contributed by atoms with Crippen LogP contribution in [0.4, 0.5) is 0 Å². The van der Waals surface area contributed by atoms with E-state index in [1.54, 1.807) is 0 Å². The molecule has 1 aliphatic rings. The molecule has 0 amide bonds. The van der Waals surface area contributed by atoms with E-state index in [-0.39, 0.29) is 17.4 Å². The average molecular weight is 320 g/mol. The molecule has 21 heavy (non-hydrogen) atoms. The molecule has 1 unspecified atom stereocenters. The van der Waals surface area contributed by atoms with Crippen LogP contribution in [0.5, 0.6) is 0 Å². The van der Waals surface area contributed by atoms with Crippen molar-refractivity contribution >= 4 is 9.84 Å². The fraction of sp³-hybridized carbons (Fsp3) is 1.00. The van der Waals surface area contributed by atoms with Crippen LogP contribution in [0.2, 0.25) is 0 Å². The molecule has 0 saturated heterocycles. The van der Waals surface area contributed by atoms with Gasteiger partial charge in [0, 0.05) is 24.7 Å². The Labute approximate surface area is 130 Å². The molecule has 1 N–H and O–H groups in total. The van der Waals surface area contributed by atoms with Gasteiger partial charge in [-0.2, -0.15) is 0 Å². The van der Waals surface area contributed by atoms with E-state index in [9.17, 15) is 8.42 Å². The van der Waals surface area contributed by atoms with Gasteiger partial charge in [-0.25, -0.2) is 8.42 Å². The summed E-state index contributed by atoms with van der Waals surface area (Å²) in [5.74, 6) is 1.05. The van der Waals surface area contributed by atoms with Crippen molar-refractivity contribution in [1.29, 1.82) is 0 Å². The first kappa shape index (κ1) is 18.9. The number of likely N-dealkylation sites (N-methyl/N-ethyl adjacent to an activating group) is 1. The van der Waals surface area contributed by atoms with Crippen LogP contribution < -0.4 is 5.32 Å². The second-order valence-corrected chi connectivity index (χ2v) is 8.82. The van der Waals surface area contributed by atoms with Gasteiger partial charge in [0.2, 0.25) is 0 Å². The van der Waals surface area contributed by atoms with Crippen molar-refractivity contribution in [3.8, 4) is 0 Å². The van der Waals surface area contributed by atoms with E-state index in [1.807, 2.05) is 0 Å². The van der Waals surface area contributed by atoms with Gasteiger partial charge in [0.15, 0.2) is 0 Å². The molecule has 4 nitrogen and oxygen atoms in total. The molecule has 1 saturated carbocycles. The predicted molar refractivity (Wildman–Crippen MR) is 88.4 cm³/mol. The molecule has 1 rings (SSSR count). The Morgan fingerprint density at radius 3 is 2.38 bits per heavy atom. The van der Waals surface area contributed by atoms with Crippen LogP contribution in [0.15, 0.2) is 0 Å². The molecule has 0 aromatic heterocycles. The lowest BCUT2D eigenvalue weighted by Gasteiger charge is -2.45. The highest BCUT2D eigenvalue weighted by atomic mass is 32.2. The van der Waals surface area contributed by atoms with Crippen molar-refractivity contribution < 1.29 is 13.2 Å². The summed E-state index contributed by atoms with van der Waals surface area (Å²) in [5.41, 5.74) is -0.102. The smallest absolute Gasteiger partial charge is 0.147 e. The van der Waals surface area contributed by atoms with Crippen LogP contribution >= 0.6 is 0 Å². The largest absolute Gasteiger partial charge is 0.374 e. The molecule has 1 fully saturated rings. The zero-order valence-corrected chi connectivity index (χ0v) is 15.0. The summed E-state index contributed by atoms with van der Waals surface area (Å²) in [6.45, 7) is 8.09. The summed E-state index contributed by atoms with van der Waals surface area (Å²) in [4.78, 5) is 0. The van der Waals surface area contributed by atoms with Crippen molar-refractivity contribution in [3.05, 3.63) is 0 Å². The van der Waals surface area contributed by atoms with Gasteiger partial charge in [-0.05, 0) is 57.9 Å². The van der Waals surface area contributed by atoms with Gasteiger partial charge in [0.25, 0.3) is 0 Å². The Morgan fingerprint density at radius 1 is 1.29 bits per heavy atom. The third-order valence-corrected chi connectivity index (χ3v) is 5.68. The number of ether oxygens (including phenoxy) is 1. The van der Waals surface area contributed by atoms with Crippen molar-refractivity contribution in [2.75, 3.05) is 25.2 Å². The van der Waals surface area contributed by atoms with Crippen molar-refractivity contribution in [1.82, 2.24) is 5.32 Å². The van der Waals surface area contributed by atoms with Crippen LogP contribution in [-0.2, 0) is 14.6 Å². The highest BCUT2D eigenvalue weighted by Crippen LogP contribution is 2.38. The normalized spacial score (nSPS) is 28.5. The van der Waals surface area contributed by atoms with E-state index in [4.69, 9.17) is 4.74 Å². The van der Waals surface area contributed by atoms with Gasteiger partial charge in [-0.3, -0.25) is 0 Å². The van der Waals surface area contributed by atoms with E-state index in [2.05, 4.69) is 26.1 Å². The summed E-state index contributed by atoms with van der Waals surface area (Å²) in [5, 5.41) is 3.56. The Morgan fingerprint density at radius 2 is 1.90 bits per heavy atom. The quantitative estimate of drug-likeness (QED) is 0.710. The summed E-state index contributed by atoms with van der Waals surface area (Å²) in [7, 11) is -2.87. The van der Waals surface area contributed by atoms with Crippen LogP contribution in [0.25, 0.3) is 0 Å². The summed E-state index contributed by atoms with van der Waals surface area (Å²) < 4.78 is 28.9. The third kappa shape index (κ3) is 6.25. The second-order valence-electron chi connectivity index (χ2n) is 6.56. The first-order valence-corrected chi connectivity index (χ1v) is 10.4. The lowest BCUT2D eigenvalue weighted by Crippen LogP contribution is -2.54. The maximum atomic E-state index is 11.3. The lowest BCUT2D eigenvalue weighted by atomic mass is 9.74. The third-order valence-electron chi connectivity index (χ3n) is 4.65. The zero-order valence-electron chi connectivity index (χ0n) is 14.2. The standard InChI is InChI=1S/C16H33NO3S/c1-5-17-15(8-7-13-21(4,18)19)16(20-6-2)11-9-14(3)10-12-16/h14-15,17H,5-13H2,1-4H3. The highest BCUT2D eigenvalue weighted by Gasteiger charge is 2.41. The summed E-state index contributed by atoms with van der Waals surface area (Å²) in [6.07, 6.45) is 7.46. The van der Waals surface area contributed by atoms with E-state index in [1.165, 1.54) is 19.1 Å². The van der Waals surface area contributed by atoms with Crippen LogP contribution in [-0.4, -0.2) is 45.2 Å². The number of sulfone groups is 1. The monoisotopic (exact) mass is 319 g/mol. The first-order chi connectivity index (χ1) is 9.83. The Balaban J connectivity index is 2.72. The molecular formula is C16H33NO3S. The molecule has 0 spiro atoms. The topological polar surface area (TPSA) is 55.4 Å². The van der Waals surface area contributed by atoms with Crippen molar-refractivity contribution in [2.24, 2.45) is 5.92 Å². The minimum absolute atomic E-state index is 0.102. The molecule has 1 atom stereocenters. The Bertz CT molecular complexity index is 386. The highest BCUT2D eigenvalue weighted by molar-refractivity contribution is 7.90. The fourth-order valence-electron chi connectivity index (χ4n) is 3.48. The van der Waals surface area contributed by atoms with E-state index in [0.717, 1.165) is 38.3 Å². The molecule has 0 aliphatic heterocycles. The minimum Gasteiger partial charge on any atom is -0.374 e. The van der Waals surface area contributed by atoms with E-state index >= 15 is 0 Å². The van der Waals surface area contributed by atoms with Gasteiger partial charge >= 0.3 is 0 Å². The SMILES string of the molecule is CCNC(CCCS(C)(=O)=O)C1(OCC)CCC(C)CC1. The maximum Gasteiger partial charge on any atom is 0.147 e. The molecule has 126 valence electrons. The van der Waals surface area contributed by atoms with Crippen molar-refractivity contribution in [2.45, 2.75) is 70.9 Å². The van der Waals surface area contributed by atoms with E-state index < -0.39 is 9.84 Å². The van der Waals surface area contributed by atoms with Gasteiger partial charge in [0.1, 0.15) is 9.84 Å². The first-order valence-electron chi connectivity index (χ1n) is 8.38. The van der Waals surface area contributed by atoms with E-state index in [0.29, 0.717) is 6.42 Å². The molecule has 5 heteroatoms. The fourth-order valence-corrected chi connectivity index (χ4v) is 4.17. The molecule has 0 heterocycles. The number of nitrogens with one attached hydrogen (secondary N) is 1. The molecule has 0 aromatic carbocycles. The van der Waals surface area contributed by atoms with Gasteiger partial charge in [-0.15, -0.1) is 0 Å². The van der Waals surface area contributed by atoms with Gasteiger partial charge in [-0.1, -0.05) is 13.8 Å². The van der Waals surface area contributed by atoms with Gasteiger partial charge in [0.05, 0.1) is 5.60 Å². The average Bonchev–Trinajstić information content (AvgIpc) is 2.40. The van der Waals surface area contributed by atoms with Crippen LogP contribution in [0, 0.1) is 5.92 Å². The predicted octanol–water partition coefficient (Wildman–Crippen LogP) is 2.77. The number of rotatable bonds is 9. The van der Waals surface area contributed by atoms with Crippen molar-refractivity contribution in [3.63, 3.8) is 0 Å². The number of hydrogen-bond donors (Lipinski definition) is 1.